The number of carbonyl (C=O) groups excluding carboxylic acids is 2. The van der Waals surface area contributed by atoms with E-state index in [4.69, 9.17) is 4.74 Å². The van der Waals surface area contributed by atoms with Gasteiger partial charge < -0.3 is 14.6 Å². The third-order valence-corrected chi connectivity index (χ3v) is 4.30. The molecule has 1 fully saturated rings. The Bertz CT molecular complexity index is 840. The highest BCUT2D eigenvalue weighted by Crippen LogP contribution is 2.11. The van der Waals surface area contributed by atoms with E-state index in [-0.39, 0.29) is 24.3 Å². The lowest BCUT2D eigenvalue weighted by Crippen LogP contribution is -2.38. The summed E-state index contributed by atoms with van der Waals surface area (Å²) in [6, 6.07) is 7.03. The summed E-state index contributed by atoms with van der Waals surface area (Å²) in [5, 5.41) is 0.513. The Kier molecular flexibility index (Phi) is 5.11. The molecule has 1 amide bonds. The molecule has 0 aliphatic carbocycles. The van der Waals surface area contributed by atoms with Gasteiger partial charge in [0.15, 0.2) is 6.10 Å². The number of ether oxygens (including phenoxy) is 1. The minimum Gasteiger partial charge on any atom is -0.453 e. The smallest absolute Gasteiger partial charge is 0.307 e. The summed E-state index contributed by atoms with van der Waals surface area (Å²) in [5.74, 6) is -0.196. The van der Waals surface area contributed by atoms with E-state index in [9.17, 15) is 14.4 Å². The van der Waals surface area contributed by atoms with Crippen molar-refractivity contribution in [3.63, 3.8) is 0 Å². The number of amides is 1. The molecule has 1 N–H and O–H groups in total. The minimum absolute atomic E-state index is 0.0545. The molecule has 0 unspecified atom stereocenters. The van der Waals surface area contributed by atoms with Crippen molar-refractivity contribution in [2.45, 2.75) is 38.7 Å². The van der Waals surface area contributed by atoms with Crippen LogP contribution in [0.2, 0.25) is 0 Å². The highest BCUT2D eigenvalue weighted by molar-refractivity contribution is 5.83. The van der Waals surface area contributed by atoms with Gasteiger partial charge in [-0.3, -0.25) is 14.4 Å². The highest BCUT2D eigenvalue weighted by atomic mass is 16.5. The fourth-order valence-corrected chi connectivity index (χ4v) is 2.97. The van der Waals surface area contributed by atoms with Crippen LogP contribution in [0, 0.1) is 0 Å². The van der Waals surface area contributed by atoms with Crippen LogP contribution in [0.4, 0.5) is 0 Å². The summed E-state index contributed by atoms with van der Waals surface area (Å²) in [6.45, 7) is 3.04. The van der Waals surface area contributed by atoms with Crippen LogP contribution in [0.25, 0.3) is 10.9 Å². The zero-order valence-electron chi connectivity index (χ0n) is 14.2. The van der Waals surface area contributed by atoms with E-state index < -0.39 is 12.1 Å². The van der Waals surface area contributed by atoms with Gasteiger partial charge in [0.2, 0.25) is 0 Å². The number of esters is 1. The number of nitrogens with one attached hydrogen (secondary N) is 1. The summed E-state index contributed by atoms with van der Waals surface area (Å²) >= 11 is 0. The molecule has 1 aliphatic rings. The quantitative estimate of drug-likeness (QED) is 0.829. The zero-order chi connectivity index (χ0) is 17.8. The molecule has 1 saturated heterocycles. The number of rotatable bonds is 5. The highest BCUT2D eigenvalue weighted by Gasteiger charge is 2.25. The average molecular weight is 343 g/mol. The Morgan fingerprint density at radius 3 is 2.76 bits per heavy atom. The third-order valence-electron chi connectivity index (χ3n) is 4.30. The van der Waals surface area contributed by atoms with E-state index >= 15 is 0 Å². The van der Waals surface area contributed by atoms with Crippen molar-refractivity contribution in [2.24, 2.45) is 0 Å². The van der Waals surface area contributed by atoms with Gasteiger partial charge in [-0.2, -0.15) is 0 Å². The van der Waals surface area contributed by atoms with Crippen LogP contribution >= 0.6 is 0 Å². The number of para-hydroxylation sites is 1. The average Bonchev–Trinajstić information content (AvgIpc) is 3.14. The molecule has 132 valence electrons. The number of nitrogens with zero attached hydrogens (tertiary/aromatic N) is 2. The summed E-state index contributed by atoms with van der Waals surface area (Å²) in [6.07, 6.45) is 1.51. The molecule has 1 aromatic carbocycles. The van der Waals surface area contributed by atoms with E-state index in [1.54, 1.807) is 36.1 Å². The van der Waals surface area contributed by atoms with E-state index in [1.807, 2.05) is 0 Å². The van der Waals surface area contributed by atoms with Crippen molar-refractivity contribution in [2.75, 3.05) is 13.1 Å². The molecule has 3 rings (SSSR count). The van der Waals surface area contributed by atoms with Crippen molar-refractivity contribution in [3.05, 3.63) is 40.4 Å². The number of likely N-dealkylation sites (tertiary alicyclic amines) is 1. The van der Waals surface area contributed by atoms with Gasteiger partial charge >= 0.3 is 5.97 Å². The molecule has 25 heavy (non-hydrogen) atoms. The predicted octanol–water partition coefficient (Wildman–Crippen LogP) is 1.41. The number of aromatic amines is 1. The number of fused-ring (bicyclic) bond motifs is 1. The molecule has 0 radical (unpaired) electrons. The topological polar surface area (TPSA) is 92.4 Å². The summed E-state index contributed by atoms with van der Waals surface area (Å²) < 4.78 is 5.21. The van der Waals surface area contributed by atoms with Gasteiger partial charge in [-0.15, -0.1) is 0 Å². The maximum Gasteiger partial charge on any atom is 0.307 e. The maximum atomic E-state index is 12.1. The maximum absolute atomic E-state index is 12.1. The minimum atomic E-state index is -0.783. The van der Waals surface area contributed by atoms with Gasteiger partial charge in [-0.05, 0) is 31.9 Å². The number of hydrogen-bond acceptors (Lipinski definition) is 5. The molecule has 7 nitrogen and oxygen atoms in total. The SMILES string of the molecule is C[C@H](OC(=O)CCc1nc2ccccc2c(=O)[nH]1)C(=O)N1CCCC1. The van der Waals surface area contributed by atoms with Crippen molar-refractivity contribution in [1.82, 2.24) is 14.9 Å². The van der Waals surface area contributed by atoms with E-state index in [0.29, 0.717) is 16.7 Å². The summed E-state index contributed by atoms with van der Waals surface area (Å²) in [5.41, 5.74) is 0.360. The van der Waals surface area contributed by atoms with Crippen LogP contribution in [0.5, 0.6) is 0 Å². The monoisotopic (exact) mass is 343 g/mol. The Labute approximate surface area is 145 Å². The largest absolute Gasteiger partial charge is 0.453 e. The molecule has 2 heterocycles. The summed E-state index contributed by atoms with van der Waals surface area (Å²) in [7, 11) is 0. The van der Waals surface area contributed by atoms with Crippen molar-refractivity contribution >= 4 is 22.8 Å². The number of H-pyrrole nitrogens is 1. The molecule has 7 heteroatoms. The van der Waals surface area contributed by atoms with Gasteiger partial charge in [0.1, 0.15) is 5.82 Å². The Balaban J connectivity index is 1.57. The van der Waals surface area contributed by atoms with Crippen LogP contribution in [0.15, 0.2) is 29.1 Å². The lowest BCUT2D eigenvalue weighted by molar-refractivity contribution is -0.158. The second-order valence-corrected chi connectivity index (χ2v) is 6.19. The molecule has 1 atom stereocenters. The number of hydrogen-bond donors (Lipinski definition) is 1. The first-order valence-electron chi connectivity index (χ1n) is 8.51. The molecule has 1 aromatic heterocycles. The first kappa shape index (κ1) is 17.1. The van der Waals surface area contributed by atoms with Gasteiger partial charge in [0.25, 0.3) is 11.5 Å². The van der Waals surface area contributed by atoms with E-state index in [0.717, 1.165) is 25.9 Å². The lowest BCUT2D eigenvalue weighted by atomic mass is 10.2. The number of aryl methyl sites for hydroxylation is 1. The van der Waals surface area contributed by atoms with E-state index in [2.05, 4.69) is 9.97 Å². The molecule has 0 saturated carbocycles. The number of aromatic nitrogens is 2. The Morgan fingerprint density at radius 2 is 2.00 bits per heavy atom. The van der Waals surface area contributed by atoms with Crippen molar-refractivity contribution in [1.29, 1.82) is 0 Å². The zero-order valence-corrected chi connectivity index (χ0v) is 14.2. The van der Waals surface area contributed by atoms with Crippen LogP contribution in [-0.4, -0.2) is 45.9 Å². The van der Waals surface area contributed by atoms with Crippen LogP contribution in [0.3, 0.4) is 0 Å². The first-order chi connectivity index (χ1) is 12.0. The Hall–Kier alpha value is -2.70. The molecule has 0 bridgehead atoms. The van der Waals surface area contributed by atoms with Gasteiger partial charge in [0, 0.05) is 19.5 Å². The van der Waals surface area contributed by atoms with Crippen LogP contribution < -0.4 is 5.56 Å². The molecular weight excluding hydrogens is 322 g/mol. The lowest BCUT2D eigenvalue weighted by Gasteiger charge is -2.20. The predicted molar refractivity (Wildman–Crippen MR) is 92.1 cm³/mol. The molecule has 2 aromatic rings. The van der Waals surface area contributed by atoms with E-state index in [1.165, 1.54) is 0 Å². The van der Waals surface area contributed by atoms with Crippen LogP contribution in [0.1, 0.15) is 32.0 Å². The second-order valence-electron chi connectivity index (χ2n) is 6.19. The Morgan fingerprint density at radius 1 is 1.28 bits per heavy atom. The first-order valence-corrected chi connectivity index (χ1v) is 8.51. The van der Waals surface area contributed by atoms with Crippen molar-refractivity contribution in [3.8, 4) is 0 Å². The van der Waals surface area contributed by atoms with Gasteiger partial charge in [-0.1, -0.05) is 12.1 Å². The normalized spacial score (nSPS) is 15.3. The van der Waals surface area contributed by atoms with Gasteiger partial charge in [0.05, 0.1) is 17.3 Å². The summed E-state index contributed by atoms with van der Waals surface area (Å²) in [4.78, 5) is 44.9. The molecule has 0 spiro atoms. The molecule has 1 aliphatic heterocycles. The number of benzene rings is 1. The standard InChI is InChI=1S/C18H21N3O4/c1-12(18(24)21-10-4-5-11-21)25-16(22)9-8-15-19-14-7-3-2-6-13(14)17(23)20-15/h2-3,6-7,12H,4-5,8-11H2,1H3,(H,19,20,23)/t12-/m0/s1. The molecular formula is C18H21N3O4. The van der Waals surface area contributed by atoms with Gasteiger partial charge in [-0.25, -0.2) is 4.98 Å². The fraction of sp³-hybridized carbons (Fsp3) is 0.444. The fourth-order valence-electron chi connectivity index (χ4n) is 2.97. The van der Waals surface area contributed by atoms with Crippen LogP contribution in [-0.2, 0) is 20.7 Å². The number of carbonyl (C=O) groups is 2. The second kappa shape index (κ2) is 7.46. The van der Waals surface area contributed by atoms with Crippen molar-refractivity contribution < 1.29 is 14.3 Å². The third kappa shape index (κ3) is 4.04.